The van der Waals surface area contributed by atoms with Gasteiger partial charge in [0.1, 0.15) is 0 Å². The molecule has 1 aromatic rings. The summed E-state index contributed by atoms with van der Waals surface area (Å²) in [4.78, 5) is 12.3. The number of hydrogen-bond acceptors (Lipinski definition) is 6. The Hall–Kier alpha value is -1.59. The van der Waals surface area contributed by atoms with E-state index in [0.717, 1.165) is 11.8 Å². The zero-order valence-electron chi connectivity index (χ0n) is 10.6. The van der Waals surface area contributed by atoms with Crippen LogP contribution in [-0.4, -0.2) is 27.6 Å². The molecule has 0 saturated heterocycles. The fourth-order valence-electron chi connectivity index (χ4n) is 2.31. The van der Waals surface area contributed by atoms with Crippen LogP contribution in [0.25, 0.3) is 0 Å². The van der Waals surface area contributed by atoms with Gasteiger partial charge in [-0.1, -0.05) is 0 Å². The monoisotopic (exact) mass is 249 g/mol. The molecule has 2 aliphatic rings. The van der Waals surface area contributed by atoms with Gasteiger partial charge in [0, 0.05) is 6.04 Å². The number of ether oxygens (including phenoxy) is 1. The summed E-state index contributed by atoms with van der Waals surface area (Å²) >= 11 is 0. The molecule has 0 aliphatic heterocycles. The lowest BCUT2D eigenvalue weighted by Crippen LogP contribution is -2.26. The molecule has 0 amide bonds. The second-order valence-corrected chi connectivity index (χ2v) is 5.08. The molecule has 3 N–H and O–H groups in total. The molecule has 6 heteroatoms. The van der Waals surface area contributed by atoms with Gasteiger partial charge in [0.25, 0.3) is 0 Å². The Balaban J connectivity index is 1.73. The highest BCUT2D eigenvalue weighted by Crippen LogP contribution is 2.45. The number of aromatic nitrogens is 3. The van der Waals surface area contributed by atoms with E-state index in [4.69, 9.17) is 10.5 Å². The molecule has 1 heterocycles. The van der Waals surface area contributed by atoms with Crippen LogP contribution in [0.3, 0.4) is 0 Å². The van der Waals surface area contributed by atoms with Gasteiger partial charge in [-0.05, 0) is 44.4 Å². The van der Waals surface area contributed by atoms with E-state index in [1.165, 1.54) is 25.7 Å². The second kappa shape index (κ2) is 4.59. The third-order valence-corrected chi connectivity index (χ3v) is 3.46. The minimum atomic E-state index is 0.210. The zero-order valence-corrected chi connectivity index (χ0v) is 10.6. The average molecular weight is 249 g/mol. The Kier molecular flexibility index (Phi) is 2.93. The van der Waals surface area contributed by atoms with Crippen LogP contribution >= 0.6 is 0 Å². The lowest BCUT2D eigenvalue weighted by atomic mass is 10.1. The molecule has 6 nitrogen and oxygen atoms in total. The van der Waals surface area contributed by atoms with Crippen molar-refractivity contribution in [2.75, 3.05) is 17.7 Å². The third-order valence-electron chi connectivity index (χ3n) is 3.46. The van der Waals surface area contributed by atoms with Crippen LogP contribution in [0.1, 0.15) is 32.6 Å². The van der Waals surface area contributed by atoms with E-state index in [2.05, 4.69) is 20.3 Å². The van der Waals surface area contributed by atoms with E-state index in [0.29, 0.717) is 24.6 Å². The van der Waals surface area contributed by atoms with E-state index in [9.17, 15) is 0 Å². The fraction of sp³-hybridized carbons (Fsp3) is 0.750. The maximum atomic E-state index is 5.67. The molecule has 3 rings (SSSR count). The normalized spacial score (nSPS) is 19.0. The van der Waals surface area contributed by atoms with Crippen LogP contribution in [0.5, 0.6) is 6.01 Å². The van der Waals surface area contributed by atoms with Gasteiger partial charge in [-0.15, -0.1) is 0 Å². The minimum Gasteiger partial charge on any atom is -0.464 e. The molecule has 2 fully saturated rings. The smallest absolute Gasteiger partial charge is 0.323 e. The lowest BCUT2D eigenvalue weighted by molar-refractivity contribution is 0.312. The van der Waals surface area contributed by atoms with Crippen molar-refractivity contribution >= 4 is 11.9 Å². The Morgan fingerprint density at radius 1 is 1.22 bits per heavy atom. The summed E-state index contributed by atoms with van der Waals surface area (Å²) in [7, 11) is 0. The van der Waals surface area contributed by atoms with Gasteiger partial charge in [0.2, 0.25) is 11.9 Å². The summed E-state index contributed by atoms with van der Waals surface area (Å²) in [5.41, 5.74) is 5.67. The molecule has 18 heavy (non-hydrogen) atoms. The first-order valence-corrected chi connectivity index (χ1v) is 6.67. The molecule has 98 valence electrons. The van der Waals surface area contributed by atoms with Crippen molar-refractivity contribution in [3.8, 4) is 6.01 Å². The molecular formula is C12H19N5O. The predicted octanol–water partition coefficient (Wildman–Crippen LogP) is 1.45. The van der Waals surface area contributed by atoms with Crippen LogP contribution < -0.4 is 15.8 Å². The van der Waals surface area contributed by atoms with Gasteiger partial charge in [-0.25, -0.2) is 0 Å². The van der Waals surface area contributed by atoms with E-state index in [1.807, 2.05) is 6.92 Å². The van der Waals surface area contributed by atoms with Crippen LogP contribution in [0, 0.1) is 11.8 Å². The predicted molar refractivity (Wildman–Crippen MR) is 68.3 cm³/mol. The first kappa shape index (κ1) is 11.5. The number of anilines is 2. The summed E-state index contributed by atoms with van der Waals surface area (Å²) < 4.78 is 5.28. The standard InChI is InChI=1S/C12H19N5O/c1-2-18-12-16-10(13)15-11(17-12)14-9(7-3-4-7)8-5-6-8/h7-9H,2-6H2,1H3,(H3,13,14,15,16,17). The van der Waals surface area contributed by atoms with E-state index < -0.39 is 0 Å². The Bertz CT molecular complexity index is 418. The van der Waals surface area contributed by atoms with Crippen LogP contribution in [-0.2, 0) is 0 Å². The van der Waals surface area contributed by atoms with E-state index in [-0.39, 0.29) is 5.95 Å². The SMILES string of the molecule is CCOc1nc(N)nc(NC(C2CC2)C2CC2)n1. The molecule has 0 spiro atoms. The van der Waals surface area contributed by atoms with Crippen molar-refractivity contribution in [3.63, 3.8) is 0 Å². The topological polar surface area (TPSA) is 86.0 Å². The van der Waals surface area contributed by atoms with Gasteiger partial charge in [0.05, 0.1) is 6.61 Å². The number of nitrogen functional groups attached to an aromatic ring is 1. The van der Waals surface area contributed by atoms with Crippen LogP contribution in [0.4, 0.5) is 11.9 Å². The molecule has 0 bridgehead atoms. The number of rotatable bonds is 6. The van der Waals surface area contributed by atoms with Crippen molar-refractivity contribution < 1.29 is 4.74 Å². The number of nitrogens with one attached hydrogen (secondary N) is 1. The van der Waals surface area contributed by atoms with Gasteiger partial charge >= 0.3 is 6.01 Å². The van der Waals surface area contributed by atoms with Gasteiger partial charge in [-0.3, -0.25) is 0 Å². The molecule has 1 aromatic heterocycles. The highest BCUT2D eigenvalue weighted by molar-refractivity contribution is 5.34. The van der Waals surface area contributed by atoms with Crippen LogP contribution in [0.2, 0.25) is 0 Å². The van der Waals surface area contributed by atoms with Gasteiger partial charge in [0.15, 0.2) is 0 Å². The third kappa shape index (κ3) is 2.63. The molecule has 0 unspecified atom stereocenters. The second-order valence-electron chi connectivity index (χ2n) is 5.08. The zero-order chi connectivity index (χ0) is 12.5. The Morgan fingerprint density at radius 3 is 2.44 bits per heavy atom. The maximum Gasteiger partial charge on any atom is 0.323 e. The van der Waals surface area contributed by atoms with Gasteiger partial charge < -0.3 is 15.8 Å². The molecule has 0 radical (unpaired) electrons. The fourth-order valence-corrected chi connectivity index (χ4v) is 2.31. The summed E-state index contributed by atoms with van der Waals surface area (Å²) in [6.45, 7) is 2.42. The van der Waals surface area contributed by atoms with Crippen LogP contribution in [0.15, 0.2) is 0 Å². The van der Waals surface area contributed by atoms with Crippen molar-refractivity contribution in [3.05, 3.63) is 0 Å². The van der Waals surface area contributed by atoms with Crippen molar-refractivity contribution in [1.29, 1.82) is 0 Å². The molecule has 2 aliphatic carbocycles. The first-order valence-electron chi connectivity index (χ1n) is 6.67. The summed E-state index contributed by atoms with van der Waals surface area (Å²) in [5, 5.41) is 3.42. The Morgan fingerprint density at radius 2 is 1.89 bits per heavy atom. The molecule has 0 atom stereocenters. The number of nitrogens with two attached hydrogens (primary N) is 1. The minimum absolute atomic E-state index is 0.210. The maximum absolute atomic E-state index is 5.67. The first-order chi connectivity index (χ1) is 8.76. The van der Waals surface area contributed by atoms with E-state index in [1.54, 1.807) is 0 Å². The highest BCUT2D eigenvalue weighted by atomic mass is 16.5. The number of nitrogens with zero attached hydrogens (tertiary/aromatic N) is 3. The quantitative estimate of drug-likeness (QED) is 0.793. The molecule has 2 saturated carbocycles. The number of hydrogen-bond donors (Lipinski definition) is 2. The highest BCUT2D eigenvalue weighted by Gasteiger charge is 2.41. The summed E-state index contributed by atoms with van der Waals surface area (Å²) in [6, 6.07) is 0.805. The average Bonchev–Trinajstić information content (AvgIpc) is 3.18. The van der Waals surface area contributed by atoms with Crippen molar-refractivity contribution in [2.24, 2.45) is 11.8 Å². The molecule has 0 aromatic carbocycles. The van der Waals surface area contributed by atoms with E-state index >= 15 is 0 Å². The summed E-state index contributed by atoms with van der Waals surface area (Å²) in [6.07, 6.45) is 5.25. The van der Waals surface area contributed by atoms with Gasteiger partial charge in [-0.2, -0.15) is 15.0 Å². The Labute approximate surface area is 106 Å². The summed E-state index contributed by atoms with van der Waals surface area (Å²) in [5.74, 6) is 2.33. The van der Waals surface area contributed by atoms with Crippen molar-refractivity contribution in [2.45, 2.75) is 38.6 Å². The molecular weight excluding hydrogens is 230 g/mol. The lowest BCUT2D eigenvalue weighted by Gasteiger charge is -2.17. The van der Waals surface area contributed by atoms with Crippen molar-refractivity contribution in [1.82, 2.24) is 15.0 Å². The largest absolute Gasteiger partial charge is 0.464 e.